The summed E-state index contributed by atoms with van der Waals surface area (Å²) in [6.45, 7) is 1.89. The van der Waals surface area contributed by atoms with E-state index in [9.17, 15) is 14.4 Å². The monoisotopic (exact) mass is 378 g/mol. The lowest BCUT2D eigenvalue weighted by Gasteiger charge is -2.21. The maximum Gasteiger partial charge on any atom is 0.326 e. The normalized spacial score (nSPS) is 15.5. The summed E-state index contributed by atoms with van der Waals surface area (Å²) < 4.78 is 15.5. The zero-order valence-corrected chi connectivity index (χ0v) is 15.9. The molecule has 1 saturated heterocycles. The predicted octanol–water partition coefficient (Wildman–Crippen LogP) is 1.98. The van der Waals surface area contributed by atoms with E-state index >= 15 is 0 Å². The number of ether oxygens (including phenoxy) is 3. The van der Waals surface area contributed by atoms with Gasteiger partial charge in [-0.2, -0.15) is 0 Å². The van der Waals surface area contributed by atoms with E-state index in [2.05, 4.69) is 5.32 Å². The van der Waals surface area contributed by atoms with Crippen molar-refractivity contribution in [2.24, 2.45) is 0 Å². The Bertz CT molecular complexity index is 691. The van der Waals surface area contributed by atoms with Crippen LogP contribution in [-0.4, -0.2) is 56.1 Å². The Balaban J connectivity index is 1.89. The van der Waals surface area contributed by atoms with Crippen LogP contribution in [0.1, 0.15) is 32.6 Å². The molecular formula is C19H26N2O6. The molecule has 0 saturated carbocycles. The van der Waals surface area contributed by atoms with Gasteiger partial charge in [0.1, 0.15) is 6.54 Å². The molecule has 0 radical (unpaired) electrons. The molecule has 27 heavy (non-hydrogen) atoms. The Morgan fingerprint density at radius 1 is 1.15 bits per heavy atom. The largest absolute Gasteiger partial charge is 0.493 e. The summed E-state index contributed by atoms with van der Waals surface area (Å²) in [6.07, 6.45) is 2.14. The molecule has 1 heterocycles. The van der Waals surface area contributed by atoms with Gasteiger partial charge in [-0.3, -0.25) is 14.4 Å². The lowest BCUT2D eigenvalue weighted by atomic mass is 10.2. The van der Waals surface area contributed by atoms with Crippen molar-refractivity contribution in [2.45, 2.75) is 38.7 Å². The molecule has 1 atom stereocenters. The minimum atomic E-state index is -0.993. The lowest BCUT2D eigenvalue weighted by Crippen LogP contribution is -2.38. The Labute approximate surface area is 158 Å². The third-order valence-corrected chi connectivity index (χ3v) is 4.32. The first-order valence-corrected chi connectivity index (χ1v) is 8.94. The van der Waals surface area contributed by atoms with Crippen molar-refractivity contribution in [3.63, 3.8) is 0 Å². The van der Waals surface area contributed by atoms with E-state index in [0.29, 0.717) is 30.2 Å². The van der Waals surface area contributed by atoms with Gasteiger partial charge in [0.2, 0.25) is 5.91 Å². The van der Waals surface area contributed by atoms with E-state index in [4.69, 9.17) is 14.2 Å². The van der Waals surface area contributed by atoms with Crippen LogP contribution >= 0.6 is 0 Å². The number of carbonyl (C=O) groups excluding carboxylic acids is 3. The van der Waals surface area contributed by atoms with Crippen molar-refractivity contribution in [3.05, 3.63) is 18.2 Å². The molecule has 8 nitrogen and oxygen atoms in total. The van der Waals surface area contributed by atoms with E-state index < -0.39 is 18.0 Å². The molecule has 2 rings (SSSR count). The van der Waals surface area contributed by atoms with Gasteiger partial charge < -0.3 is 24.4 Å². The minimum Gasteiger partial charge on any atom is -0.493 e. The molecule has 1 N–H and O–H groups in total. The Morgan fingerprint density at radius 2 is 1.89 bits per heavy atom. The van der Waals surface area contributed by atoms with Gasteiger partial charge in [-0.05, 0) is 31.9 Å². The highest BCUT2D eigenvalue weighted by atomic mass is 16.5. The van der Waals surface area contributed by atoms with Crippen molar-refractivity contribution in [2.75, 3.05) is 32.6 Å². The number of esters is 1. The van der Waals surface area contributed by atoms with E-state index in [0.717, 1.165) is 19.3 Å². The van der Waals surface area contributed by atoms with Gasteiger partial charge in [0, 0.05) is 24.7 Å². The molecule has 1 aliphatic heterocycles. The third-order valence-electron chi connectivity index (χ3n) is 4.32. The van der Waals surface area contributed by atoms with Gasteiger partial charge in [0.25, 0.3) is 5.91 Å². The van der Waals surface area contributed by atoms with Crippen LogP contribution in [0, 0.1) is 0 Å². The first-order chi connectivity index (χ1) is 12.9. The number of methoxy groups -OCH3 is 2. The van der Waals surface area contributed by atoms with E-state index in [-0.39, 0.29) is 12.5 Å². The minimum absolute atomic E-state index is 0.0492. The molecule has 0 spiro atoms. The Morgan fingerprint density at radius 3 is 2.59 bits per heavy atom. The van der Waals surface area contributed by atoms with Crippen LogP contribution < -0.4 is 14.8 Å². The number of carbonyl (C=O) groups is 3. The van der Waals surface area contributed by atoms with Crippen LogP contribution in [0.4, 0.5) is 5.69 Å². The Hall–Kier alpha value is -2.77. The zero-order valence-electron chi connectivity index (χ0n) is 15.9. The quantitative estimate of drug-likeness (QED) is 0.729. The molecular weight excluding hydrogens is 352 g/mol. The fourth-order valence-corrected chi connectivity index (χ4v) is 2.81. The fraction of sp³-hybridized carbons (Fsp3) is 0.526. The molecule has 1 aromatic carbocycles. The molecule has 1 unspecified atom stereocenters. The Kier molecular flexibility index (Phi) is 7.45. The highest BCUT2D eigenvalue weighted by molar-refractivity contribution is 5.95. The van der Waals surface area contributed by atoms with Crippen molar-refractivity contribution >= 4 is 23.5 Å². The number of hydrogen-bond donors (Lipinski definition) is 1. The number of nitrogens with zero attached hydrogens (tertiary/aromatic N) is 1. The van der Waals surface area contributed by atoms with E-state index in [1.165, 1.54) is 26.0 Å². The molecule has 8 heteroatoms. The molecule has 148 valence electrons. The van der Waals surface area contributed by atoms with Gasteiger partial charge in [0.05, 0.1) is 14.2 Å². The fourth-order valence-electron chi connectivity index (χ4n) is 2.81. The number of benzene rings is 1. The average molecular weight is 378 g/mol. The van der Waals surface area contributed by atoms with Crippen LogP contribution in [-0.2, 0) is 19.1 Å². The van der Waals surface area contributed by atoms with Gasteiger partial charge >= 0.3 is 5.97 Å². The third kappa shape index (κ3) is 5.87. The van der Waals surface area contributed by atoms with Crippen molar-refractivity contribution < 1.29 is 28.6 Å². The second-order valence-electron chi connectivity index (χ2n) is 6.32. The summed E-state index contributed by atoms with van der Waals surface area (Å²) in [7, 11) is 3.02. The summed E-state index contributed by atoms with van der Waals surface area (Å²) in [6, 6.07) is 4.93. The standard InChI is InChI=1S/C19H26N2O6/c1-13(27-18(23)12-21-10-6-4-5-7-17(21)22)19(24)20-14-8-9-15(25-2)16(11-14)26-3/h8-9,11,13H,4-7,10,12H2,1-3H3,(H,20,24). The molecule has 0 aromatic heterocycles. The molecule has 1 fully saturated rings. The second-order valence-corrected chi connectivity index (χ2v) is 6.32. The van der Waals surface area contributed by atoms with Crippen molar-refractivity contribution in [3.8, 4) is 11.5 Å². The lowest BCUT2D eigenvalue weighted by molar-refractivity contribution is -0.156. The molecule has 1 aliphatic rings. The number of amides is 2. The SMILES string of the molecule is COc1ccc(NC(=O)C(C)OC(=O)CN2CCCCCC2=O)cc1OC. The zero-order chi connectivity index (χ0) is 19.8. The number of nitrogens with one attached hydrogen (secondary N) is 1. The number of hydrogen-bond acceptors (Lipinski definition) is 6. The predicted molar refractivity (Wildman–Crippen MR) is 98.8 cm³/mol. The second kappa shape index (κ2) is 9.80. The van der Waals surface area contributed by atoms with Gasteiger partial charge in [-0.15, -0.1) is 0 Å². The van der Waals surface area contributed by atoms with Gasteiger partial charge in [-0.1, -0.05) is 6.42 Å². The van der Waals surface area contributed by atoms with Crippen LogP contribution in [0.2, 0.25) is 0 Å². The number of anilines is 1. The summed E-state index contributed by atoms with van der Waals surface area (Å²) in [5, 5.41) is 2.66. The maximum atomic E-state index is 12.3. The number of rotatable bonds is 7. The highest BCUT2D eigenvalue weighted by Crippen LogP contribution is 2.29. The molecule has 0 bridgehead atoms. The first-order valence-electron chi connectivity index (χ1n) is 8.94. The highest BCUT2D eigenvalue weighted by Gasteiger charge is 2.23. The van der Waals surface area contributed by atoms with Crippen molar-refractivity contribution in [1.29, 1.82) is 0 Å². The molecule has 0 aliphatic carbocycles. The smallest absolute Gasteiger partial charge is 0.326 e. The van der Waals surface area contributed by atoms with Gasteiger partial charge in [-0.25, -0.2) is 0 Å². The van der Waals surface area contributed by atoms with E-state index in [1.807, 2.05) is 0 Å². The average Bonchev–Trinajstić information content (AvgIpc) is 2.85. The number of likely N-dealkylation sites (tertiary alicyclic amines) is 1. The summed E-state index contributed by atoms with van der Waals surface area (Å²) in [5.74, 6) is -0.110. The summed E-state index contributed by atoms with van der Waals surface area (Å²) in [4.78, 5) is 37.8. The first kappa shape index (κ1) is 20.5. The summed E-state index contributed by atoms with van der Waals surface area (Å²) >= 11 is 0. The van der Waals surface area contributed by atoms with Crippen LogP contribution in [0.25, 0.3) is 0 Å². The summed E-state index contributed by atoms with van der Waals surface area (Å²) in [5.41, 5.74) is 0.489. The topological polar surface area (TPSA) is 94.2 Å². The maximum absolute atomic E-state index is 12.3. The van der Waals surface area contributed by atoms with Gasteiger partial charge in [0.15, 0.2) is 17.6 Å². The van der Waals surface area contributed by atoms with Crippen LogP contribution in [0.15, 0.2) is 18.2 Å². The van der Waals surface area contributed by atoms with Crippen LogP contribution in [0.5, 0.6) is 11.5 Å². The molecule has 1 aromatic rings. The van der Waals surface area contributed by atoms with E-state index in [1.54, 1.807) is 18.2 Å². The van der Waals surface area contributed by atoms with Crippen LogP contribution in [0.3, 0.4) is 0 Å². The molecule has 2 amide bonds. The van der Waals surface area contributed by atoms with Crippen molar-refractivity contribution in [1.82, 2.24) is 4.90 Å².